The van der Waals surface area contributed by atoms with Gasteiger partial charge in [0.25, 0.3) is 0 Å². The first-order chi connectivity index (χ1) is 9.65. The van der Waals surface area contributed by atoms with Gasteiger partial charge in [0.05, 0.1) is 5.02 Å². The summed E-state index contributed by atoms with van der Waals surface area (Å²) in [6, 6.07) is 10.2. The van der Waals surface area contributed by atoms with Crippen molar-refractivity contribution in [1.29, 1.82) is 0 Å². The maximum absolute atomic E-state index is 11.6. The Kier molecular flexibility index (Phi) is 4.98. The molecule has 0 aliphatic rings. The number of pyridine rings is 1. The highest BCUT2D eigenvalue weighted by Gasteiger charge is 2.00. The number of urea groups is 1. The first-order valence-electron chi connectivity index (χ1n) is 5.75. The van der Waals surface area contributed by atoms with E-state index in [1.807, 2.05) is 18.2 Å². The minimum atomic E-state index is -0.400. The average molecular weight is 308 g/mol. The Morgan fingerprint density at radius 3 is 2.65 bits per heavy atom. The van der Waals surface area contributed by atoms with Crippen molar-refractivity contribution in [3.05, 3.63) is 64.4 Å². The molecule has 0 spiro atoms. The first-order valence-corrected chi connectivity index (χ1v) is 6.51. The quantitative estimate of drug-likeness (QED) is 0.893. The van der Waals surface area contributed by atoms with Gasteiger partial charge in [-0.15, -0.1) is 0 Å². The highest BCUT2D eigenvalue weighted by Crippen LogP contribution is 2.15. The molecule has 2 rings (SSSR count). The van der Waals surface area contributed by atoms with Crippen molar-refractivity contribution < 1.29 is 4.79 Å². The molecule has 1 heterocycles. The summed E-state index contributed by atoms with van der Waals surface area (Å²) >= 11 is 11.7. The number of hydrogen-bond donors (Lipinski definition) is 2. The molecule has 0 aliphatic heterocycles. The van der Waals surface area contributed by atoms with Crippen LogP contribution in [0.1, 0.15) is 5.56 Å². The predicted octanol–water partition coefficient (Wildman–Crippen LogP) is 4.18. The number of nitrogens with zero attached hydrogens (tertiary/aromatic N) is 1. The van der Waals surface area contributed by atoms with Crippen LogP contribution in [0.2, 0.25) is 10.0 Å². The van der Waals surface area contributed by atoms with Gasteiger partial charge in [0.2, 0.25) is 0 Å². The van der Waals surface area contributed by atoms with Crippen LogP contribution in [0.15, 0.2) is 48.8 Å². The maximum Gasteiger partial charge on any atom is 0.324 e. The number of anilines is 1. The second-order valence-electron chi connectivity index (χ2n) is 3.81. The van der Waals surface area contributed by atoms with Gasteiger partial charge in [0.1, 0.15) is 5.82 Å². The molecular weight excluding hydrogens is 297 g/mol. The Morgan fingerprint density at radius 1 is 1.15 bits per heavy atom. The molecule has 1 aromatic heterocycles. The highest BCUT2D eigenvalue weighted by atomic mass is 35.5. The lowest BCUT2D eigenvalue weighted by Gasteiger charge is -2.03. The number of halogens is 2. The lowest BCUT2D eigenvalue weighted by Crippen LogP contribution is -2.24. The topological polar surface area (TPSA) is 54.0 Å². The maximum atomic E-state index is 11.6. The zero-order chi connectivity index (χ0) is 14.4. The number of carbonyl (C=O) groups is 1. The van der Waals surface area contributed by atoms with E-state index in [-0.39, 0.29) is 0 Å². The standard InChI is InChI=1S/C14H11Cl2N3O/c15-11-5-6-13(18-9-11)19-14(20)17-8-7-10-3-1-2-4-12(10)16/h1-9H,(H2,17,18,19,20)/b8-7+. The van der Waals surface area contributed by atoms with Gasteiger partial charge in [-0.25, -0.2) is 9.78 Å². The highest BCUT2D eigenvalue weighted by molar-refractivity contribution is 6.32. The fourth-order valence-electron chi connectivity index (χ4n) is 1.42. The molecule has 20 heavy (non-hydrogen) atoms. The average Bonchev–Trinajstić information content (AvgIpc) is 2.43. The van der Waals surface area contributed by atoms with E-state index in [1.165, 1.54) is 12.4 Å². The summed E-state index contributed by atoms with van der Waals surface area (Å²) in [7, 11) is 0. The largest absolute Gasteiger partial charge is 0.324 e. The predicted molar refractivity (Wildman–Crippen MR) is 81.9 cm³/mol. The monoisotopic (exact) mass is 307 g/mol. The summed E-state index contributed by atoms with van der Waals surface area (Å²) < 4.78 is 0. The van der Waals surface area contributed by atoms with Gasteiger partial charge >= 0.3 is 6.03 Å². The fraction of sp³-hybridized carbons (Fsp3) is 0. The Hall–Kier alpha value is -2.04. The molecule has 0 fully saturated rings. The van der Waals surface area contributed by atoms with Crippen molar-refractivity contribution in [3.8, 4) is 0 Å². The number of amides is 2. The molecule has 2 N–H and O–H groups in total. The van der Waals surface area contributed by atoms with Crippen molar-refractivity contribution in [2.24, 2.45) is 0 Å². The number of carbonyl (C=O) groups excluding carboxylic acids is 1. The van der Waals surface area contributed by atoms with Crippen LogP contribution in [0, 0.1) is 0 Å². The summed E-state index contributed by atoms with van der Waals surface area (Å²) in [4.78, 5) is 15.5. The zero-order valence-corrected chi connectivity index (χ0v) is 11.8. The van der Waals surface area contributed by atoms with Crippen molar-refractivity contribution in [3.63, 3.8) is 0 Å². The molecule has 1 aromatic carbocycles. The Labute approximate surface area is 126 Å². The van der Waals surface area contributed by atoms with E-state index < -0.39 is 6.03 Å². The third kappa shape index (κ3) is 4.26. The molecule has 0 aliphatic carbocycles. The van der Waals surface area contributed by atoms with E-state index in [2.05, 4.69) is 15.6 Å². The molecule has 2 amide bonds. The van der Waals surface area contributed by atoms with E-state index in [4.69, 9.17) is 23.2 Å². The minimum absolute atomic E-state index is 0.400. The van der Waals surface area contributed by atoms with Gasteiger partial charge in [-0.1, -0.05) is 41.4 Å². The number of aromatic nitrogens is 1. The van der Waals surface area contributed by atoms with Crippen molar-refractivity contribution >= 4 is 41.1 Å². The summed E-state index contributed by atoms with van der Waals surface area (Å²) in [5, 5.41) is 6.25. The van der Waals surface area contributed by atoms with Crippen molar-refractivity contribution in [2.75, 3.05) is 5.32 Å². The van der Waals surface area contributed by atoms with Crippen LogP contribution >= 0.6 is 23.2 Å². The molecule has 0 atom stereocenters. The minimum Gasteiger partial charge on any atom is -0.314 e. The van der Waals surface area contributed by atoms with Gasteiger partial charge in [-0.3, -0.25) is 5.32 Å². The lowest BCUT2D eigenvalue weighted by molar-refractivity contribution is 0.255. The van der Waals surface area contributed by atoms with Gasteiger partial charge < -0.3 is 5.32 Å². The molecule has 0 radical (unpaired) electrons. The van der Waals surface area contributed by atoms with Gasteiger partial charge in [0, 0.05) is 17.4 Å². The molecule has 102 valence electrons. The molecule has 0 bridgehead atoms. The zero-order valence-electron chi connectivity index (χ0n) is 10.3. The van der Waals surface area contributed by atoms with Crippen LogP contribution < -0.4 is 10.6 Å². The van der Waals surface area contributed by atoms with Gasteiger partial charge in [-0.2, -0.15) is 0 Å². The van der Waals surface area contributed by atoms with E-state index >= 15 is 0 Å². The molecule has 6 heteroatoms. The van der Waals surface area contributed by atoms with Crippen LogP contribution in [0.3, 0.4) is 0 Å². The van der Waals surface area contributed by atoms with Crippen LogP contribution in [-0.2, 0) is 0 Å². The van der Waals surface area contributed by atoms with Gasteiger partial charge in [-0.05, 0) is 29.8 Å². The van der Waals surface area contributed by atoms with Crippen LogP contribution in [0.4, 0.5) is 10.6 Å². The Balaban J connectivity index is 1.89. The molecule has 0 unspecified atom stereocenters. The third-order valence-corrected chi connectivity index (χ3v) is 2.92. The molecular formula is C14H11Cl2N3O. The first kappa shape index (κ1) is 14.4. The molecule has 0 saturated carbocycles. The fourth-order valence-corrected chi connectivity index (χ4v) is 1.73. The third-order valence-electron chi connectivity index (χ3n) is 2.35. The van der Waals surface area contributed by atoms with Crippen LogP contribution in [-0.4, -0.2) is 11.0 Å². The van der Waals surface area contributed by atoms with Crippen LogP contribution in [0.5, 0.6) is 0 Å². The Bertz CT molecular complexity index is 627. The number of hydrogen-bond acceptors (Lipinski definition) is 2. The smallest absolute Gasteiger partial charge is 0.314 e. The number of rotatable bonds is 3. The lowest BCUT2D eigenvalue weighted by atomic mass is 10.2. The van der Waals surface area contributed by atoms with Crippen LogP contribution in [0.25, 0.3) is 6.08 Å². The Morgan fingerprint density at radius 2 is 1.95 bits per heavy atom. The second kappa shape index (κ2) is 6.93. The van der Waals surface area contributed by atoms with Crippen molar-refractivity contribution in [2.45, 2.75) is 0 Å². The summed E-state index contributed by atoms with van der Waals surface area (Å²) in [6.07, 6.45) is 4.67. The summed E-state index contributed by atoms with van der Waals surface area (Å²) in [6.45, 7) is 0. The number of benzene rings is 1. The van der Waals surface area contributed by atoms with E-state index in [9.17, 15) is 4.79 Å². The normalized spacial score (nSPS) is 10.5. The molecule has 2 aromatic rings. The van der Waals surface area contributed by atoms with Crippen molar-refractivity contribution in [1.82, 2.24) is 10.3 Å². The van der Waals surface area contributed by atoms with E-state index in [0.29, 0.717) is 15.9 Å². The summed E-state index contributed by atoms with van der Waals surface area (Å²) in [5.74, 6) is 0.415. The second-order valence-corrected chi connectivity index (χ2v) is 4.66. The van der Waals surface area contributed by atoms with Gasteiger partial charge in [0.15, 0.2) is 0 Å². The number of nitrogens with one attached hydrogen (secondary N) is 2. The molecule has 4 nitrogen and oxygen atoms in total. The van der Waals surface area contributed by atoms with E-state index in [0.717, 1.165) is 5.56 Å². The van der Waals surface area contributed by atoms with E-state index in [1.54, 1.807) is 24.3 Å². The SMILES string of the molecule is O=C(N/C=C/c1ccccc1Cl)Nc1ccc(Cl)cn1. The summed E-state index contributed by atoms with van der Waals surface area (Å²) in [5.41, 5.74) is 0.819. The molecule has 0 saturated heterocycles.